The number of ether oxygens (including phenoxy) is 1. The summed E-state index contributed by atoms with van der Waals surface area (Å²) in [5.74, 6) is -1.11. The van der Waals surface area contributed by atoms with Crippen molar-refractivity contribution in [1.82, 2.24) is 45.2 Å². The molecule has 2 atom stereocenters. The first-order valence-electron chi connectivity index (χ1n) is 18.2. The molecule has 3 aliphatic rings. The number of aromatic nitrogens is 5. The lowest BCUT2D eigenvalue weighted by molar-refractivity contribution is -0.143. The highest BCUT2D eigenvalue weighted by Gasteiger charge is 2.44. The Labute approximate surface area is 323 Å². The smallest absolute Gasteiger partial charge is 0.318 e. The Morgan fingerprint density at radius 1 is 0.944 bits per heavy atom. The average molecular weight is 777 g/mol. The zero-order valence-corrected chi connectivity index (χ0v) is 31.5. The number of hydrogen-bond donors (Lipinski definition) is 2. The number of urea groups is 1. The number of tetrazole rings is 1. The van der Waals surface area contributed by atoms with E-state index in [1.807, 2.05) is 35.2 Å². The van der Waals surface area contributed by atoms with Gasteiger partial charge in [0.1, 0.15) is 12.1 Å². The molecule has 2 aromatic heterocycles. The molecule has 14 nitrogen and oxygen atoms in total. The highest BCUT2D eigenvalue weighted by molar-refractivity contribution is 6.42. The predicted octanol–water partition coefficient (Wildman–Crippen LogP) is 5.04. The molecule has 0 radical (unpaired) electrons. The van der Waals surface area contributed by atoms with Crippen molar-refractivity contribution in [3.63, 3.8) is 0 Å². The predicted molar refractivity (Wildman–Crippen MR) is 201 cm³/mol. The Hall–Kier alpha value is -4.79. The van der Waals surface area contributed by atoms with Gasteiger partial charge in [-0.15, -0.1) is 5.10 Å². The molecule has 3 amide bonds. The van der Waals surface area contributed by atoms with Crippen LogP contribution in [0.1, 0.15) is 60.0 Å². The van der Waals surface area contributed by atoms with Crippen molar-refractivity contribution in [2.45, 2.75) is 49.5 Å². The second kappa shape index (κ2) is 15.9. The Morgan fingerprint density at radius 3 is 2.44 bits per heavy atom. The maximum absolute atomic E-state index is 14.2. The number of aliphatic carboxylic acids is 1. The second-order valence-electron chi connectivity index (χ2n) is 14.5. The number of likely N-dealkylation sites (tertiary alicyclic amines) is 3. The third-order valence-electron chi connectivity index (χ3n) is 11.5. The monoisotopic (exact) mass is 775 g/mol. The van der Waals surface area contributed by atoms with Crippen molar-refractivity contribution < 1.29 is 24.2 Å². The standard InChI is InChI=1S/C38H43Cl2N9O5/c1-54-33-7-5-29(49-25-42-44-45-49)22-30(33)34(50)48-20-11-37(24-48,28-4-6-31(39)32(40)21-28)10-17-46-18-12-38(13-19-46,27-8-14-41-15-9-27)43-36(53)47-16-2-3-26(23-47)35(51)52/h4-9,14-15,21-22,25-26H,2-3,10-13,16-20,23-24H2,1H3,(H,43,53)(H,51,52). The molecular weight excluding hydrogens is 733 g/mol. The molecule has 2 unspecified atom stereocenters. The number of hydrogen-bond acceptors (Lipinski definition) is 9. The van der Waals surface area contributed by atoms with Crippen LogP contribution < -0.4 is 10.1 Å². The van der Waals surface area contributed by atoms with E-state index in [2.05, 4.69) is 30.7 Å². The van der Waals surface area contributed by atoms with Gasteiger partial charge in [0.25, 0.3) is 5.91 Å². The van der Waals surface area contributed by atoms with Crippen LogP contribution in [0.15, 0.2) is 67.3 Å². The molecule has 4 aromatic rings. The second-order valence-corrected chi connectivity index (χ2v) is 15.3. The number of nitrogens with one attached hydrogen (secondary N) is 1. The van der Waals surface area contributed by atoms with Gasteiger partial charge in [-0.25, -0.2) is 9.48 Å². The molecule has 2 aromatic carbocycles. The van der Waals surface area contributed by atoms with Crippen molar-refractivity contribution in [3.05, 3.63) is 94.0 Å². The van der Waals surface area contributed by atoms with Crippen LogP contribution in [0.3, 0.4) is 0 Å². The number of methoxy groups -OCH3 is 1. The summed E-state index contributed by atoms with van der Waals surface area (Å²) in [5.41, 5.74) is 2.05. The van der Waals surface area contributed by atoms with Crippen LogP contribution in [-0.4, -0.2) is 116 Å². The lowest BCUT2D eigenvalue weighted by Gasteiger charge is -2.45. The minimum absolute atomic E-state index is 0.150. The van der Waals surface area contributed by atoms with Crippen LogP contribution >= 0.6 is 23.2 Å². The van der Waals surface area contributed by atoms with Gasteiger partial charge in [-0.2, -0.15) is 0 Å². The fraction of sp³-hybridized carbons (Fsp3) is 0.447. The third-order valence-corrected chi connectivity index (χ3v) is 12.2. The summed E-state index contributed by atoms with van der Waals surface area (Å²) >= 11 is 13.0. The van der Waals surface area contributed by atoms with Crippen LogP contribution in [0.4, 0.5) is 4.79 Å². The topological polar surface area (TPSA) is 159 Å². The van der Waals surface area contributed by atoms with Gasteiger partial charge >= 0.3 is 12.0 Å². The van der Waals surface area contributed by atoms with Gasteiger partial charge in [0.05, 0.1) is 39.9 Å². The Morgan fingerprint density at radius 2 is 1.74 bits per heavy atom. The van der Waals surface area contributed by atoms with Gasteiger partial charge in [0.2, 0.25) is 0 Å². The molecule has 7 rings (SSSR count). The number of pyridine rings is 1. The molecule has 3 fully saturated rings. The van der Waals surface area contributed by atoms with Gasteiger partial charge < -0.3 is 29.9 Å². The van der Waals surface area contributed by atoms with Crippen LogP contribution in [-0.2, 0) is 15.7 Å². The van der Waals surface area contributed by atoms with E-state index < -0.39 is 22.8 Å². The van der Waals surface area contributed by atoms with Gasteiger partial charge in [-0.3, -0.25) is 14.6 Å². The molecule has 3 saturated heterocycles. The molecule has 2 N–H and O–H groups in total. The molecule has 0 aliphatic carbocycles. The normalized spacial score (nSPS) is 21.5. The molecule has 0 saturated carbocycles. The Balaban J connectivity index is 1.08. The lowest BCUT2D eigenvalue weighted by Crippen LogP contribution is -2.57. The molecule has 0 bridgehead atoms. The Bertz CT molecular complexity index is 1980. The first-order valence-corrected chi connectivity index (χ1v) is 18.9. The van der Waals surface area contributed by atoms with Gasteiger partial charge in [0, 0.05) is 57.1 Å². The summed E-state index contributed by atoms with van der Waals surface area (Å²) in [6, 6.07) is 14.7. The number of piperidine rings is 2. The van der Waals surface area contributed by atoms with E-state index >= 15 is 0 Å². The van der Waals surface area contributed by atoms with E-state index in [0.717, 1.165) is 43.6 Å². The van der Waals surface area contributed by atoms with E-state index in [4.69, 9.17) is 27.9 Å². The van der Waals surface area contributed by atoms with Crippen molar-refractivity contribution in [2.24, 2.45) is 5.92 Å². The molecular formula is C38H43Cl2N9O5. The first kappa shape index (κ1) is 37.5. The summed E-state index contributed by atoms with van der Waals surface area (Å²) in [7, 11) is 1.54. The summed E-state index contributed by atoms with van der Waals surface area (Å²) in [6.07, 6.45) is 9.00. The van der Waals surface area contributed by atoms with Gasteiger partial charge in [-0.05, 0) is 109 Å². The van der Waals surface area contributed by atoms with Gasteiger partial charge in [-0.1, -0.05) is 29.3 Å². The zero-order valence-electron chi connectivity index (χ0n) is 30.0. The summed E-state index contributed by atoms with van der Waals surface area (Å²) in [4.78, 5) is 49.7. The van der Waals surface area contributed by atoms with E-state index in [9.17, 15) is 19.5 Å². The molecule has 54 heavy (non-hydrogen) atoms. The number of rotatable bonds is 10. The first-order chi connectivity index (χ1) is 26.1. The lowest BCUT2D eigenvalue weighted by atomic mass is 9.76. The molecule has 16 heteroatoms. The van der Waals surface area contributed by atoms with Crippen molar-refractivity contribution in [3.8, 4) is 11.4 Å². The molecule has 0 spiro atoms. The number of carboxylic acids is 1. The van der Waals surface area contributed by atoms with Crippen LogP contribution in [0.5, 0.6) is 5.75 Å². The maximum atomic E-state index is 14.2. The number of nitrogens with zero attached hydrogens (tertiary/aromatic N) is 8. The van der Waals surface area contributed by atoms with Crippen LogP contribution in [0.2, 0.25) is 10.0 Å². The number of carboxylic acid groups (broad SMARTS) is 1. The van der Waals surface area contributed by atoms with Crippen LogP contribution in [0, 0.1) is 5.92 Å². The number of amides is 3. The highest BCUT2D eigenvalue weighted by atomic mass is 35.5. The van der Waals surface area contributed by atoms with E-state index in [-0.39, 0.29) is 18.5 Å². The molecule has 5 heterocycles. The van der Waals surface area contributed by atoms with Crippen LogP contribution in [0.25, 0.3) is 5.69 Å². The van der Waals surface area contributed by atoms with E-state index in [1.54, 1.807) is 42.6 Å². The summed E-state index contributed by atoms with van der Waals surface area (Å²) in [5, 5.41) is 25.3. The molecule has 3 aliphatic heterocycles. The van der Waals surface area contributed by atoms with Gasteiger partial charge in [0.15, 0.2) is 0 Å². The third kappa shape index (κ3) is 7.73. The number of carbonyl (C=O) groups is 3. The number of benzene rings is 2. The number of carbonyl (C=O) groups excluding carboxylic acids is 2. The fourth-order valence-electron chi connectivity index (χ4n) is 8.25. The minimum Gasteiger partial charge on any atom is -0.496 e. The van der Waals surface area contributed by atoms with E-state index in [0.29, 0.717) is 72.4 Å². The summed E-state index contributed by atoms with van der Waals surface area (Å²) in [6.45, 7) is 3.94. The van der Waals surface area contributed by atoms with E-state index in [1.165, 1.54) is 11.0 Å². The fourth-order valence-corrected chi connectivity index (χ4v) is 8.54. The average Bonchev–Trinajstić information content (AvgIpc) is 3.91. The maximum Gasteiger partial charge on any atom is 0.318 e. The van der Waals surface area contributed by atoms with Crippen molar-refractivity contribution >= 4 is 41.1 Å². The van der Waals surface area contributed by atoms with Crippen molar-refractivity contribution in [1.29, 1.82) is 0 Å². The zero-order chi connectivity index (χ0) is 37.9. The minimum atomic E-state index is -0.868. The number of halogens is 2. The molecule has 284 valence electrons. The highest BCUT2D eigenvalue weighted by Crippen LogP contribution is 2.42. The largest absolute Gasteiger partial charge is 0.496 e. The summed E-state index contributed by atoms with van der Waals surface area (Å²) < 4.78 is 7.10. The Kier molecular flexibility index (Phi) is 11.0. The SMILES string of the molecule is COc1ccc(-n2cnnn2)cc1C(=O)N1CCC(CCN2CCC(NC(=O)N3CCCC(C(=O)O)C3)(c3ccncc3)CC2)(c2ccc(Cl)c(Cl)c2)C1. The van der Waals surface area contributed by atoms with Crippen molar-refractivity contribution in [2.75, 3.05) is 52.9 Å². The quantitative estimate of drug-likeness (QED) is 0.224.